The van der Waals surface area contributed by atoms with Gasteiger partial charge in [0.25, 0.3) is 0 Å². The van der Waals surface area contributed by atoms with Gasteiger partial charge in [-0.05, 0) is 40.5 Å². The molecule has 3 nitrogen and oxygen atoms in total. The molecule has 1 atom stereocenters. The van der Waals surface area contributed by atoms with Crippen molar-refractivity contribution in [3.8, 4) is 0 Å². The number of halogens is 1. The molecular weight excluding hydrogens is 248 g/mol. The highest BCUT2D eigenvalue weighted by Crippen LogP contribution is 2.31. The van der Waals surface area contributed by atoms with Crippen LogP contribution in [0, 0.1) is 6.92 Å². The van der Waals surface area contributed by atoms with Crippen LogP contribution in [0.3, 0.4) is 0 Å². The molecule has 0 amide bonds. The summed E-state index contributed by atoms with van der Waals surface area (Å²) in [7, 11) is 0. The van der Waals surface area contributed by atoms with Crippen LogP contribution in [0.15, 0.2) is 38.0 Å². The molecular formula is C10H9BrO3. The average molecular weight is 257 g/mol. The van der Waals surface area contributed by atoms with Crippen molar-refractivity contribution in [1.29, 1.82) is 0 Å². The third kappa shape index (κ3) is 1.51. The molecule has 74 valence electrons. The number of hydrogen-bond donors (Lipinski definition) is 1. The first kappa shape index (κ1) is 9.55. The number of aliphatic hydroxyl groups is 1. The third-order valence-corrected chi connectivity index (χ3v) is 2.70. The molecule has 0 aliphatic carbocycles. The van der Waals surface area contributed by atoms with E-state index in [1.54, 1.807) is 18.4 Å². The van der Waals surface area contributed by atoms with Crippen molar-refractivity contribution >= 4 is 15.9 Å². The van der Waals surface area contributed by atoms with Gasteiger partial charge >= 0.3 is 0 Å². The molecule has 0 spiro atoms. The highest BCUT2D eigenvalue weighted by molar-refractivity contribution is 9.10. The fourth-order valence-electron chi connectivity index (χ4n) is 1.28. The molecule has 0 fully saturated rings. The molecule has 14 heavy (non-hydrogen) atoms. The largest absolute Gasteiger partial charge is 0.466 e. The summed E-state index contributed by atoms with van der Waals surface area (Å²) >= 11 is 3.28. The van der Waals surface area contributed by atoms with Gasteiger partial charge in [-0.15, -0.1) is 0 Å². The molecule has 0 saturated carbocycles. The molecule has 2 heterocycles. The van der Waals surface area contributed by atoms with Crippen molar-refractivity contribution in [1.82, 2.24) is 0 Å². The Morgan fingerprint density at radius 2 is 1.86 bits per heavy atom. The van der Waals surface area contributed by atoms with Crippen LogP contribution < -0.4 is 0 Å². The van der Waals surface area contributed by atoms with Crippen LogP contribution >= 0.6 is 15.9 Å². The molecule has 0 saturated heterocycles. The fraction of sp³-hybridized carbons (Fsp3) is 0.200. The topological polar surface area (TPSA) is 46.5 Å². The first-order chi connectivity index (χ1) is 6.70. The monoisotopic (exact) mass is 256 g/mol. The van der Waals surface area contributed by atoms with E-state index >= 15 is 0 Å². The fourth-order valence-corrected chi connectivity index (χ4v) is 1.70. The van der Waals surface area contributed by atoms with Gasteiger partial charge in [-0.1, -0.05) is 0 Å². The molecule has 0 aromatic carbocycles. The second kappa shape index (κ2) is 3.63. The van der Waals surface area contributed by atoms with E-state index in [1.165, 1.54) is 6.26 Å². The van der Waals surface area contributed by atoms with E-state index in [1.807, 2.05) is 6.92 Å². The number of aryl methyl sites for hydroxylation is 1. The minimum absolute atomic E-state index is 0.461. The third-order valence-electron chi connectivity index (χ3n) is 2.04. The van der Waals surface area contributed by atoms with Gasteiger partial charge < -0.3 is 13.9 Å². The van der Waals surface area contributed by atoms with Crippen molar-refractivity contribution < 1.29 is 13.9 Å². The zero-order chi connectivity index (χ0) is 10.1. The van der Waals surface area contributed by atoms with Gasteiger partial charge in [0.2, 0.25) is 0 Å². The van der Waals surface area contributed by atoms with Crippen LogP contribution in [0.4, 0.5) is 0 Å². The first-order valence-electron chi connectivity index (χ1n) is 4.15. The lowest BCUT2D eigenvalue weighted by atomic mass is 10.1. The molecule has 0 aliphatic rings. The summed E-state index contributed by atoms with van der Waals surface area (Å²) < 4.78 is 11.1. The van der Waals surface area contributed by atoms with Gasteiger partial charge in [0.1, 0.15) is 5.76 Å². The van der Waals surface area contributed by atoms with Gasteiger partial charge in [0.15, 0.2) is 11.9 Å². The zero-order valence-corrected chi connectivity index (χ0v) is 9.11. The van der Waals surface area contributed by atoms with Crippen LogP contribution in [0.5, 0.6) is 0 Å². The Hall–Kier alpha value is -1.00. The lowest BCUT2D eigenvalue weighted by Crippen LogP contribution is -1.98. The Labute approximate surface area is 89.5 Å². The van der Waals surface area contributed by atoms with E-state index < -0.39 is 6.10 Å². The Balaban J connectivity index is 2.38. The van der Waals surface area contributed by atoms with Crippen molar-refractivity contribution in [2.45, 2.75) is 13.0 Å². The van der Waals surface area contributed by atoms with Crippen LogP contribution in [0.1, 0.15) is 23.2 Å². The van der Waals surface area contributed by atoms with Crippen molar-refractivity contribution in [3.05, 3.63) is 46.2 Å². The maximum Gasteiger partial charge on any atom is 0.171 e. The van der Waals surface area contributed by atoms with Crippen LogP contribution in [0.25, 0.3) is 0 Å². The number of furan rings is 2. The smallest absolute Gasteiger partial charge is 0.171 e. The molecule has 0 bridgehead atoms. The Kier molecular flexibility index (Phi) is 2.48. The standard InChI is InChI=1S/C10H9BrO3/c1-6-2-4-13-9(6)8(12)10-7(11)3-5-14-10/h2-5,8,12H,1H3. The lowest BCUT2D eigenvalue weighted by Gasteiger charge is -2.06. The van der Waals surface area contributed by atoms with Gasteiger partial charge in [0, 0.05) is 0 Å². The molecule has 1 unspecified atom stereocenters. The predicted octanol–water partition coefficient (Wildman–Crippen LogP) is 3.03. The highest BCUT2D eigenvalue weighted by atomic mass is 79.9. The lowest BCUT2D eigenvalue weighted by molar-refractivity contribution is 0.160. The number of rotatable bonds is 2. The van der Waals surface area contributed by atoms with Crippen LogP contribution in [-0.4, -0.2) is 5.11 Å². The first-order valence-corrected chi connectivity index (χ1v) is 4.94. The van der Waals surface area contributed by atoms with Gasteiger partial charge in [-0.25, -0.2) is 0 Å². The summed E-state index contributed by atoms with van der Waals surface area (Å²) in [6.45, 7) is 1.87. The molecule has 2 aromatic heterocycles. The maximum absolute atomic E-state index is 9.91. The van der Waals surface area contributed by atoms with E-state index in [2.05, 4.69) is 15.9 Å². The van der Waals surface area contributed by atoms with Gasteiger partial charge in [0.05, 0.1) is 17.0 Å². The maximum atomic E-state index is 9.91. The minimum Gasteiger partial charge on any atom is -0.466 e. The molecule has 1 N–H and O–H groups in total. The Morgan fingerprint density at radius 3 is 2.36 bits per heavy atom. The molecule has 0 aliphatic heterocycles. The van der Waals surface area contributed by atoms with Crippen molar-refractivity contribution in [2.75, 3.05) is 0 Å². The average Bonchev–Trinajstić information content (AvgIpc) is 2.73. The van der Waals surface area contributed by atoms with Gasteiger partial charge in [-0.3, -0.25) is 0 Å². The second-order valence-electron chi connectivity index (χ2n) is 3.00. The van der Waals surface area contributed by atoms with E-state index in [-0.39, 0.29) is 0 Å². The Morgan fingerprint density at radius 1 is 1.21 bits per heavy atom. The van der Waals surface area contributed by atoms with E-state index in [9.17, 15) is 5.11 Å². The van der Waals surface area contributed by atoms with E-state index in [0.29, 0.717) is 11.5 Å². The summed E-state index contributed by atoms with van der Waals surface area (Å²) in [5, 5.41) is 9.91. The van der Waals surface area contributed by atoms with Crippen molar-refractivity contribution in [2.24, 2.45) is 0 Å². The number of aliphatic hydroxyl groups excluding tert-OH is 1. The predicted molar refractivity (Wildman–Crippen MR) is 53.9 cm³/mol. The van der Waals surface area contributed by atoms with Crippen molar-refractivity contribution in [3.63, 3.8) is 0 Å². The number of hydrogen-bond acceptors (Lipinski definition) is 3. The molecule has 0 radical (unpaired) electrons. The van der Waals surface area contributed by atoms with E-state index in [4.69, 9.17) is 8.83 Å². The minimum atomic E-state index is -0.852. The summed E-state index contributed by atoms with van der Waals surface area (Å²) in [6.07, 6.45) is 2.21. The quantitative estimate of drug-likeness (QED) is 0.899. The Bertz CT molecular complexity index is 390. The molecule has 4 heteroatoms. The van der Waals surface area contributed by atoms with Crippen LogP contribution in [0.2, 0.25) is 0 Å². The molecule has 2 aromatic rings. The molecule has 2 rings (SSSR count). The highest BCUT2D eigenvalue weighted by Gasteiger charge is 2.21. The SMILES string of the molecule is Cc1ccoc1C(O)c1occc1Br. The van der Waals surface area contributed by atoms with Gasteiger partial charge in [-0.2, -0.15) is 0 Å². The zero-order valence-electron chi connectivity index (χ0n) is 7.53. The van der Waals surface area contributed by atoms with Crippen LogP contribution in [-0.2, 0) is 0 Å². The van der Waals surface area contributed by atoms with E-state index in [0.717, 1.165) is 10.0 Å². The summed E-state index contributed by atoms with van der Waals surface area (Å²) in [4.78, 5) is 0. The summed E-state index contributed by atoms with van der Waals surface area (Å²) in [5.74, 6) is 0.976. The summed E-state index contributed by atoms with van der Waals surface area (Å²) in [6, 6.07) is 3.53. The summed E-state index contributed by atoms with van der Waals surface area (Å²) in [5.41, 5.74) is 0.904. The normalized spacial score (nSPS) is 13.1. The second-order valence-corrected chi connectivity index (χ2v) is 3.86.